The van der Waals surface area contributed by atoms with Gasteiger partial charge in [0.25, 0.3) is 0 Å². The van der Waals surface area contributed by atoms with E-state index in [-0.39, 0.29) is 5.57 Å². The maximum atomic E-state index is 12.0. The van der Waals surface area contributed by atoms with Crippen LogP contribution in [0.25, 0.3) is 0 Å². The fourth-order valence-electron chi connectivity index (χ4n) is 1.84. The lowest BCUT2D eigenvalue weighted by Gasteiger charge is -2.22. The Morgan fingerprint density at radius 3 is 1.85 bits per heavy atom. The standard InChI is InChI=1S/C16H26O4/c1-3-5-10-19-15(17)14(12-13-8-7-9-13)16(18)20-11-6-4-2/h12-13H,3-11H2,1-2H3. The van der Waals surface area contributed by atoms with Crippen molar-refractivity contribution in [2.24, 2.45) is 5.92 Å². The smallest absolute Gasteiger partial charge is 0.345 e. The van der Waals surface area contributed by atoms with E-state index in [1.807, 2.05) is 13.8 Å². The van der Waals surface area contributed by atoms with Gasteiger partial charge < -0.3 is 9.47 Å². The first-order chi connectivity index (χ1) is 9.69. The van der Waals surface area contributed by atoms with Crippen molar-refractivity contribution in [1.29, 1.82) is 0 Å². The molecular formula is C16H26O4. The Labute approximate surface area is 121 Å². The fraction of sp³-hybridized carbons (Fsp3) is 0.750. The molecule has 0 amide bonds. The molecule has 0 spiro atoms. The number of carbonyl (C=O) groups excluding carboxylic acids is 2. The Morgan fingerprint density at radius 2 is 1.50 bits per heavy atom. The summed E-state index contributed by atoms with van der Waals surface area (Å²) in [6.45, 7) is 4.77. The van der Waals surface area contributed by atoms with Gasteiger partial charge in [-0.3, -0.25) is 0 Å². The van der Waals surface area contributed by atoms with E-state index < -0.39 is 11.9 Å². The van der Waals surface area contributed by atoms with Crippen LogP contribution < -0.4 is 0 Å². The molecule has 0 saturated heterocycles. The molecule has 114 valence electrons. The van der Waals surface area contributed by atoms with Crippen LogP contribution in [0.5, 0.6) is 0 Å². The van der Waals surface area contributed by atoms with Crippen molar-refractivity contribution in [3.8, 4) is 0 Å². The molecule has 0 heterocycles. The molecule has 0 N–H and O–H groups in total. The largest absolute Gasteiger partial charge is 0.462 e. The number of hydrogen-bond donors (Lipinski definition) is 0. The van der Waals surface area contributed by atoms with E-state index in [4.69, 9.17) is 9.47 Å². The molecule has 4 heteroatoms. The first-order valence-corrected chi connectivity index (χ1v) is 7.75. The van der Waals surface area contributed by atoms with Gasteiger partial charge in [0.15, 0.2) is 0 Å². The third-order valence-corrected chi connectivity index (χ3v) is 3.45. The molecule has 0 aliphatic heterocycles. The molecule has 0 radical (unpaired) electrons. The molecule has 1 aliphatic rings. The average Bonchev–Trinajstić information content (AvgIpc) is 2.37. The third kappa shape index (κ3) is 5.76. The number of esters is 2. The van der Waals surface area contributed by atoms with Crippen LogP contribution in [0.2, 0.25) is 0 Å². The number of allylic oxidation sites excluding steroid dienone is 1. The molecule has 0 bridgehead atoms. The van der Waals surface area contributed by atoms with E-state index >= 15 is 0 Å². The van der Waals surface area contributed by atoms with E-state index in [9.17, 15) is 9.59 Å². The van der Waals surface area contributed by atoms with E-state index in [0.717, 1.165) is 44.9 Å². The fourth-order valence-corrected chi connectivity index (χ4v) is 1.84. The number of unbranched alkanes of at least 4 members (excludes halogenated alkanes) is 2. The van der Waals surface area contributed by atoms with E-state index in [1.54, 1.807) is 6.08 Å². The normalized spacial score (nSPS) is 14.3. The minimum absolute atomic E-state index is 0.0851. The molecule has 0 unspecified atom stereocenters. The molecule has 1 rings (SSSR count). The van der Waals surface area contributed by atoms with Gasteiger partial charge in [-0.1, -0.05) is 39.2 Å². The Morgan fingerprint density at radius 1 is 1.00 bits per heavy atom. The molecule has 1 aliphatic carbocycles. The van der Waals surface area contributed by atoms with Crippen LogP contribution in [0.3, 0.4) is 0 Å². The van der Waals surface area contributed by atoms with Gasteiger partial charge in [-0.2, -0.15) is 0 Å². The second kappa shape index (κ2) is 9.56. The summed E-state index contributed by atoms with van der Waals surface area (Å²) in [5.41, 5.74) is 0.0851. The van der Waals surface area contributed by atoms with Crippen molar-refractivity contribution in [3.05, 3.63) is 11.6 Å². The highest BCUT2D eigenvalue weighted by Gasteiger charge is 2.25. The lowest BCUT2D eigenvalue weighted by molar-refractivity contribution is -0.147. The first kappa shape index (κ1) is 16.7. The van der Waals surface area contributed by atoms with Crippen LogP contribution in [-0.2, 0) is 19.1 Å². The first-order valence-electron chi connectivity index (χ1n) is 7.75. The Balaban J connectivity index is 2.56. The van der Waals surface area contributed by atoms with Crippen LogP contribution in [-0.4, -0.2) is 25.2 Å². The summed E-state index contributed by atoms with van der Waals surface area (Å²) in [6, 6.07) is 0. The minimum Gasteiger partial charge on any atom is -0.462 e. The molecule has 1 fully saturated rings. The highest BCUT2D eigenvalue weighted by atomic mass is 16.6. The molecule has 20 heavy (non-hydrogen) atoms. The van der Waals surface area contributed by atoms with Crippen LogP contribution in [0.4, 0.5) is 0 Å². The summed E-state index contributed by atoms with van der Waals surface area (Å²) in [7, 11) is 0. The van der Waals surface area contributed by atoms with Gasteiger partial charge in [-0.15, -0.1) is 0 Å². The molecule has 0 aromatic rings. The zero-order valence-corrected chi connectivity index (χ0v) is 12.7. The maximum absolute atomic E-state index is 12.0. The highest BCUT2D eigenvalue weighted by Crippen LogP contribution is 2.29. The topological polar surface area (TPSA) is 52.6 Å². The average molecular weight is 282 g/mol. The van der Waals surface area contributed by atoms with Crippen molar-refractivity contribution in [1.82, 2.24) is 0 Å². The van der Waals surface area contributed by atoms with Gasteiger partial charge in [0.1, 0.15) is 5.57 Å². The number of ether oxygens (including phenoxy) is 2. The Bertz CT molecular complexity index is 318. The van der Waals surface area contributed by atoms with E-state index in [0.29, 0.717) is 19.1 Å². The zero-order chi connectivity index (χ0) is 14.8. The summed E-state index contributed by atoms with van der Waals surface area (Å²) in [6.07, 6.45) is 8.50. The van der Waals surface area contributed by atoms with E-state index in [1.165, 1.54) is 0 Å². The maximum Gasteiger partial charge on any atom is 0.345 e. The minimum atomic E-state index is -0.535. The number of carbonyl (C=O) groups is 2. The number of hydrogen-bond acceptors (Lipinski definition) is 4. The molecule has 1 saturated carbocycles. The predicted octanol–water partition coefficient (Wildman–Crippen LogP) is 3.40. The van der Waals surface area contributed by atoms with Crippen LogP contribution in [0.1, 0.15) is 58.8 Å². The van der Waals surface area contributed by atoms with Crippen molar-refractivity contribution in [2.45, 2.75) is 58.8 Å². The molecule has 0 aromatic carbocycles. The summed E-state index contributed by atoms with van der Waals surface area (Å²) in [4.78, 5) is 24.0. The molecule has 4 nitrogen and oxygen atoms in total. The van der Waals surface area contributed by atoms with Gasteiger partial charge >= 0.3 is 11.9 Å². The van der Waals surface area contributed by atoms with Crippen molar-refractivity contribution in [3.63, 3.8) is 0 Å². The van der Waals surface area contributed by atoms with Crippen LogP contribution in [0, 0.1) is 5.92 Å². The number of rotatable bonds is 9. The predicted molar refractivity (Wildman–Crippen MR) is 77.2 cm³/mol. The molecule has 0 aromatic heterocycles. The van der Waals surface area contributed by atoms with Gasteiger partial charge in [-0.05, 0) is 31.6 Å². The van der Waals surface area contributed by atoms with Crippen molar-refractivity contribution >= 4 is 11.9 Å². The van der Waals surface area contributed by atoms with Gasteiger partial charge in [0, 0.05) is 0 Å². The lowest BCUT2D eigenvalue weighted by Crippen LogP contribution is -2.21. The Hall–Kier alpha value is -1.32. The Kier molecular flexibility index (Phi) is 8.00. The van der Waals surface area contributed by atoms with E-state index in [2.05, 4.69) is 0 Å². The monoisotopic (exact) mass is 282 g/mol. The van der Waals surface area contributed by atoms with Gasteiger partial charge in [0.05, 0.1) is 13.2 Å². The lowest BCUT2D eigenvalue weighted by atomic mass is 9.84. The quantitative estimate of drug-likeness (QED) is 0.214. The SMILES string of the molecule is CCCCOC(=O)C(=CC1CCC1)C(=O)OCCCC. The molecule has 0 atom stereocenters. The van der Waals surface area contributed by atoms with Gasteiger partial charge in [0.2, 0.25) is 0 Å². The summed E-state index contributed by atoms with van der Waals surface area (Å²) in [5.74, 6) is -0.749. The van der Waals surface area contributed by atoms with Crippen LogP contribution in [0.15, 0.2) is 11.6 Å². The third-order valence-electron chi connectivity index (χ3n) is 3.45. The summed E-state index contributed by atoms with van der Waals surface area (Å²) in [5, 5.41) is 0. The summed E-state index contributed by atoms with van der Waals surface area (Å²) >= 11 is 0. The van der Waals surface area contributed by atoms with Crippen molar-refractivity contribution < 1.29 is 19.1 Å². The highest BCUT2D eigenvalue weighted by molar-refractivity contribution is 6.14. The summed E-state index contributed by atoms with van der Waals surface area (Å²) < 4.78 is 10.3. The molecular weight excluding hydrogens is 256 g/mol. The van der Waals surface area contributed by atoms with Crippen molar-refractivity contribution in [2.75, 3.05) is 13.2 Å². The van der Waals surface area contributed by atoms with Crippen LogP contribution >= 0.6 is 0 Å². The second-order valence-electron chi connectivity index (χ2n) is 5.25. The second-order valence-corrected chi connectivity index (χ2v) is 5.25. The van der Waals surface area contributed by atoms with Gasteiger partial charge in [-0.25, -0.2) is 9.59 Å². The zero-order valence-electron chi connectivity index (χ0n) is 12.7.